The van der Waals surface area contributed by atoms with Crippen molar-refractivity contribution in [3.05, 3.63) is 59.2 Å². The van der Waals surface area contributed by atoms with Crippen LogP contribution in [0.1, 0.15) is 42.4 Å². The second-order valence-corrected chi connectivity index (χ2v) is 8.23. The van der Waals surface area contributed by atoms with Crippen LogP contribution in [-0.4, -0.2) is 37.5 Å². The Labute approximate surface area is 168 Å². The molecule has 2 aromatic rings. The maximum Gasteiger partial charge on any atom is 0.238 e. The van der Waals surface area contributed by atoms with Gasteiger partial charge in [0, 0.05) is 31.0 Å². The summed E-state index contributed by atoms with van der Waals surface area (Å²) in [6, 6.07) is 15.0. The van der Waals surface area contributed by atoms with E-state index in [0.29, 0.717) is 6.54 Å². The molecule has 1 amide bonds. The lowest BCUT2D eigenvalue weighted by molar-refractivity contribution is -0.117. The number of carbonyl (C=O) groups excluding carboxylic acids is 1. The zero-order chi connectivity index (χ0) is 19.3. The predicted octanol–water partition coefficient (Wildman–Crippen LogP) is 4.24. The number of para-hydroxylation sites is 1. The number of anilines is 2. The van der Waals surface area contributed by atoms with Crippen molar-refractivity contribution >= 4 is 17.3 Å². The Bertz CT molecular complexity index is 826. The van der Waals surface area contributed by atoms with Crippen molar-refractivity contribution in [2.45, 2.75) is 45.1 Å². The molecular weight excluding hydrogens is 346 g/mol. The van der Waals surface area contributed by atoms with Gasteiger partial charge in [-0.15, -0.1) is 0 Å². The number of amides is 1. The summed E-state index contributed by atoms with van der Waals surface area (Å²) >= 11 is 0. The molecule has 0 atom stereocenters. The standard InChI is InChI=1S/C24H31N3O/c1-26(17-21-8-3-4-11-23(21)27-14-5-2-6-15-27)18-24(28)25-22-13-12-19-9-7-10-20(19)16-22/h3-4,8,11-13,16H,2,5-7,9-10,14-15,17-18H2,1H3,(H,25,28). The van der Waals surface area contributed by atoms with E-state index in [9.17, 15) is 4.79 Å². The second kappa shape index (κ2) is 8.78. The van der Waals surface area contributed by atoms with Gasteiger partial charge in [0.15, 0.2) is 0 Å². The predicted molar refractivity (Wildman–Crippen MR) is 116 cm³/mol. The highest BCUT2D eigenvalue weighted by molar-refractivity contribution is 5.92. The lowest BCUT2D eigenvalue weighted by atomic mass is 10.1. The van der Waals surface area contributed by atoms with Crippen molar-refractivity contribution in [3.63, 3.8) is 0 Å². The number of aryl methyl sites for hydroxylation is 2. The van der Waals surface area contributed by atoms with Crippen LogP contribution in [0.25, 0.3) is 0 Å². The van der Waals surface area contributed by atoms with Gasteiger partial charge in [0.1, 0.15) is 0 Å². The summed E-state index contributed by atoms with van der Waals surface area (Å²) in [7, 11) is 2.02. The zero-order valence-corrected chi connectivity index (χ0v) is 16.9. The van der Waals surface area contributed by atoms with Gasteiger partial charge in [-0.05, 0) is 80.5 Å². The number of piperidine rings is 1. The molecular formula is C24H31N3O. The molecule has 1 aliphatic carbocycles. The Morgan fingerprint density at radius 2 is 1.79 bits per heavy atom. The molecule has 0 bridgehead atoms. The minimum atomic E-state index is 0.0518. The molecule has 1 fully saturated rings. The number of nitrogens with one attached hydrogen (secondary N) is 1. The average molecular weight is 378 g/mol. The van der Waals surface area contributed by atoms with Gasteiger partial charge in [-0.1, -0.05) is 24.3 Å². The van der Waals surface area contributed by atoms with Gasteiger partial charge in [0.05, 0.1) is 6.54 Å². The summed E-state index contributed by atoms with van der Waals surface area (Å²) in [5.41, 5.74) is 6.38. The molecule has 4 rings (SSSR count). The van der Waals surface area contributed by atoms with Crippen LogP contribution in [-0.2, 0) is 24.2 Å². The molecule has 0 spiro atoms. The number of likely N-dealkylation sites (N-methyl/N-ethyl adjacent to an activating group) is 1. The molecule has 2 aliphatic rings. The topological polar surface area (TPSA) is 35.6 Å². The molecule has 1 N–H and O–H groups in total. The third kappa shape index (κ3) is 4.56. The number of benzene rings is 2. The van der Waals surface area contributed by atoms with Gasteiger partial charge in [-0.3, -0.25) is 9.69 Å². The van der Waals surface area contributed by atoms with E-state index in [2.05, 4.69) is 51.5 Å². The maximum atomic E-state index is 12.5. The minimum Gasteiger partial charge on any atom is -0.371 e. The van der Waals surface area contributed by atoms with E-state index < -0.39 is 0 Å². The molecule has 0 radical (unpaired) electrons. The minimum absolute atomic E-state index is 0.0518. The van der Waals surface area contributed by atoms with Crippen LogP contribution in [0.4, 0.5) is 11.4 Å². The third-order valence-corrected chi connectivity index (χ3v) is 5.92. The summed E-state index contributed by atoms with van der Waals surface area (Å²) in [5.74, 6) is 0.0518. The number of hydrogen-bond acceptors (Lipinski definition) is 3. The summed E-state index contributed by atoms with van der Waals surface area (Å²) in [6.45, 7) is 3.45. The number of fused-ring (bicyclic) bond motifs is 1. The number of rotatable bonds is 6. The van der Waals surface area contributed by atoms with Crippen molar-refractivity contribution in [1.82, 2.24) is 4.90 Å². The summed E-state index contributed by atoms with van der Waals surface area (Å²) < 4.78 is 0. The van der Waals surface area contributed by atoms with Gasteiger partial charge < -0.3 is 10.2 Å². The van der Waals surface area contributed by atoms with E-state index in [1.54, 1.807) is 0 Å². The highest BCUT2D eigenvalue weighted by Gasteiger charge is 2.16. The van der Waals surface area contributed by atoms with Gasteiger partial charge in [0.2, 0.25) is 5.91 Å². The number of nitrogens with zero attached hydrogens (tertiary/aromatic N) is 2. The Balaban J connectivity index is 1.35. The van der Waals surface area contributed by atoms with E-state index in [0.717, 1.165) is 31.7 Å². The SMILES string of the molecule is CN(CC(=O)Nc1ccc2c(c1)CCC2)Cc1ccccc1N1CCCCC1. The first kappa shape index (κ1) is 19.0. The monoisotopic (exact) mass is 377 g/mol. The van der Waals surface area contributed by atoms with Crippen molar-refractivity contribution in [2.24, 2.45) is 0 Å². The molecule has 4 nitrogen and oxygen atoms in total. The van der Waals surface area contributed by atoms with Gasteiger partial charge in [-0.25, -0.2) is 0 Å². The molecule has 28 heavy (non-hydrogen) atoms. The first-order valence-electron chi connectivity index (χ1n) is 10.6. The Morgan fingerprint density at radius 3 is 2.64 bits per heavy atom. The van der Waals surface area contributed by atoms with Crippen LogP contribution < -0.4 is 10.2 Å². The van der Waals surface area contributed by atoms with Crippen molar-refractivity contribution < 1.29 is 4.79 Å². The Hall–Kier alpha value is -2.33. The molecule has 2 aromatic carbocycles. The molecule has 0 saturated carbocycles. The van der Waals surface area contributed by atoms with Gasteiger partial charge >= 0.3 is 0 Å². The third-order valence-electron chi connectivity index (χ3n) is 5.92. The van der Waals surface area contributed by atoms with Crippen LogP contribution >= 0.6 is 0 Å². The van der Waals surface area contributed by atoms with Crippen LogP contribution in [0, 0.1) is 0 Å². The fourth-order valence-electron chi connectivity index (χ4n) is 4.53. The normalized spacial score (nSPS) is 16.3. The molecule has 4 heteroatoms. The fourth-order valence-corrected chi connectivity index (χ4v) is 4.53. The van der Waals surface area contributed by atoms with Crippen LogP contribution in [0.5, 0.6) is 0 Å². The van der Waals surface area contributed by atoms with Gasteiger partial charge in [-0.2, -0.15) is 0 Å². The van der Waals surface area contributed by atoms with E-state index >= 15 is 0 Å². The van der Waals surface area contributed by atoms with Crippen LogP contribution in [0.15, 0.2) is 42.5 Å². The highest BCUT2D eigenvalue weighted by atomic mass is 16.2. The average Bonchev–Trinajstić information content (AvgIpc) is 3.16. The Morgan fingerprint density at radius 1 is 1.00 bits per heavy atom. The van der Waals surface area contributed by atoms with E-state index in [1.807, 2.05) is 13.1 Å². The van der Waals surface area contributed by atoms with Crippen molar-refractivity contribution in [1.29, 1.82) is 0 Å². The lowest BCUT2D eigenvalue weighted by Crippen LogP contribution is -2.33. The quantitative estimate of drug-likeness (QED) is 0.818. The lowest BCUT2D eigenvalue weighted by Gasteiger charge is -2.31. The molecule has 0 unspecified atom stereocenters. The van der Waals surface area contributed by atoms with E-state index in [1.165, 1.54) is 54.5 Å². The first-order chi connectivity index (χ1) is 13.7. The largest absolute Gasteiger partial charge is 0.371 e. The Kier molecular flexibility index (Phi) is 5.96. The highest BCUT2D eigenvalue weighted by Crippen LogP contribution is 2.26. The second-order valence-electron chi connectivity index (χ2n) is 8.23. The maximum absolute atomic E-state index is 12.5. The van der Waals surface area contributed by atoms with Gasteiger partial charge in [0.25, 0.3) is 0 Å². The van der Waals surface area contributed by atoms with Crippen molar-refractivity contribution in [2.75, 3.05) is 36.9 Å². The first-order valence-corrected chi connectivity index (χ1v) is 10.6. The molecule has 1 aliphatic heterocycles. The zero-order valence-electron chi connectivity index (χ0n) is 16.9. The van der Waals surface area contributed by atoms with E-state index in [4.69, 9.17) is 0 Å². The molecule has 1 heterocycles. The smallest absolute Gasteiger partial charge is 0.238 e. The van der Waals surface area contributed by atoms with Crippen LogP contribution in [0.2, 0.25) is 0 Å². The molecule has 1 saturated heterocycles. The summed E-state index contributed by atoms with van der Waals surface area (Å²) in [4.78, 5) is 17.1. The number of hydrogen-bond donors (Lipinski definition) is 1. The molecule has 0 aromatic heterocycles. The van der Waals surface area contributed by atoms with E-state index in [-0.39, 0.29) is 5.91 Å². The summed E-state index contributed by atoms with van der Waals surface area (Å²) in [5, 5.41) is 3.08. The van der Waals surface area contributed by atoms with Crippen molar-refractivity contribution in [3.8, 4) is 0 Å². The number of carbonyl (C=O) groups is 1. The molecule has 148 valence electrons. The summed E-state index contributed by atoms with van der Waals surface area (Å²) in [6.07, 6.45) is 7.41. The fraction of sp³-hybridized carbons (Fsp3) is 0.458. The van der Waals surface area contributed by atoms with Crippen LogP contribution in [0.3, 0.4) is 0 Å².